The van der Waals surface area contributed by atoms with Crippen LogP contribution in [0.25, 0.3) is 0 Å². The molecule has 0 aliphatic carbocycles. The Kier molecular flexibility index (Phi) is 8.58. The highest BCUT2D eigenvalue weighted by Crippen LogP contribution is 2.23. The molecule has 1 saturated heterocycles. The minimum atomic E-state index is -3.27. The van der Waals surface area contributed by atoms with E-state index in [9.17, 15) is 18.0 Å². The van der Waals surface area contributed by atoms with E-state index in [4.69, 9.17) is 10.00 Å². The summed E-state index contributed by atoms with van der Waals surface area (Å²) in [5.41, 5.74) is 2.74. The number of carbonyl (C=O) groups is 2. The lowest BCUT2D eigenvalue weighted by Crippen LogP contribution is -2.41. The monoisotopic (exact) mass is 528 g/mol. The standard InChI is InChI=1S/C25H32N6O5S/c1-29-23-21(22(28-29)24(32)27-18-20-7-5-19(17-26)6-8-20)9-11-30(25(23)33)10-3-2-4-16-37(34,35)31-12-14-36-15-13-31/h5-8H,2-4,9-16,18H2,1H3,(H,27,32). The third-order valence-electron chi connectivity index (χ3n) is 6.71. The number of amides is 2. The summed E-state index contributed by atoms with van der Waals surface area (Å²) in [5.74, 6) is -0.402. The van der Waals surface area contributed by atoms with Gasteiger partial charge in [0.05, 0.1) is 30.6 Å². The number of rotatable bonds is 10. The lowest BCUT2D eigenvalue weighted by atomic mass is 10.0. The molecular weight excluding hydrogens is 496 g/mol. The van der Waals surface area contributed by atoms with Crippen LogP contribution in [0.4, 0.5) is 0 Å². The van der Waals surface area contributed by atoms with Crippen LogP contribution >= 0.6 is 0 Å². The number of fused-ring (bicyclic) bond motifs is 1. The quantitative estimate of drug-likeness (QED) is 0.455. The number of nitrogens with one attached hydrogen (secondary N) is 1. The highest BCUT2D eigenvalue weighted by Gasteiger charge is 2.32. The molecule has 1 N–H and O–H groups in total. The number of nitrogens with zero attached hydrogens (tertiary/aromatic N) is 5. The Bertz CT molecular complexity index is 1280. The second-order valence-corrected chi connectivity index (χ2v) is 11.3. The average Bonchev–Trinajstić information content (AvgIpc) is 3.26. The number of unbranched alkanes of at least 4 members (excludes halogenated alkanes) is 2. The minimum absolute atomic E-state index is 0.105. The molecule has 11 nitrogen and oxygen atoms in total. The Balaban J connectivity index is 1.27. The zero-order valence-corrected chi connectivity index (χ0v) is 21.8. The first-order valence-corrected chi connectivity index (χ1v) is 14.1. The van der Waals surface area contributed by atoms with Crippen molar-refractivity contribution in [2.75, 3.05) is 45.1 Å². The predicted octanol–water partition coefficient (Wildman–Crippen LogP) is 1.05. The number of hydrogen-bond donors (Lipinski definition) is 1. The largest absolute Gasteiger partial charge is 0.379 e. The Morgan fingerprint density at radius 1 is 1.14 bits per heavy atom. The molecule has 2 aliphatic heterocycles. The number of nitriles is 1. The van der Waals surface area contributed by atoms with Crippen molar-refractivity contribution < 1.29 is 22.7 Å². The Morgan fingerprint density at radius 3 is 2.57 bits per heavy atom. The fourth-order valence-electron chi connectivity index (χ4n) is 4.65. The molecule has 4 rings (SSSR count). The first kappa shape index (κ1) is 26.8. The molecule has 0 atom stereocenters. The molecule has 2 amide bonds. The number of carbonyl (C=O) groups excluding carboxylic acids is 2. The smallest absolute Gasteiger partial charge is 0.272 e. The molecule has 1 aromatic heterocycles. The van der Waals surface area contributed by atoms with Crippen LogP contribution in [-0.4, -0.2) is 84.4 Å². The Morgan fingerprint density at radius 2 is 1.86 bits per heavy atom. The van der Waals surface area contributed by atoms with Crippen LogP contribution < -0.4 is 5.32 Å². The van der Waals surface area contributed by atoms with Gasteiger partial charge in [-0.1, -0.05) is 18.6 Å². The summed E-state index contributed by atoms with van der Waals surface area (Å²) >= 11 is 0. The van der Waals surface area contributed by atoms with E-state index < -0.39 is 10.0 Å². The van der Waals surface area contributed by atoms with Crippen molar-refractivity contribution in [3.8, 4) is 6.07 Å². The summed E-state index contributed by atoms with van der Waals surface area (Å²) < 4.78 is 33.1. The lowest BCUT2D eigenvalue weighted by Gasteiger charge is -2.27. The van der Waals surface area contributed by atoms with Gasteiger partial charge in [0.25, 0.3) is 11.8 Å². The summed E-state index contributed by atoms with van der Waals surface area (Å²) in [4.78, 5) is 27.7. The van der Waals surface area contributed by atoms with Gasteiger partial charge in [-0.05, 0) is 37.0 Å². The highest BCUT2D eigenvalue weighted by atomic mass is 32.2. The van der Waals surface area contributed by atoms with Crippen molar-refractivity contribution in [3.63, 3.8) is 0 Å². The highest BCUT2D eigenvalue weighted by molar-refractivity contribution is 7.89. The molecule has 1 aromatic carbocycles. The molecule has 2 aliphatic rings. The van der Waals surface area contributed by atoms with Crippen LogP contribution in [0.1, 0.15) is 56.9 Å². The Labute approximate surface area is 217 Å². The van der Waals surface area contributed by atoms with Crippen LogP contribution in [0, 0.1) is 11.3 Å². The molecule has 37 heavy (non-hydrogen) atoms. The molecule has 12 heteroatoms. The van der Waals surface area contributed by atoms with E-state index in [1.165, 1.54) is 8.99 Å². The zero-order valence-electron chi connectivity index (χ0n) is 21.0. The van der Waals surface area contributed by atoms with Gasteiger partial charge in [-0.25, -0.2) is 8.42 Å². The van der Waals surface area contributed by atoms with E-state index in [1.54, 1.807) is 36.2 Å². The number of benzene rings is 1. The molecule has 1 fully saturated rings. The maximum atomic E-state index is 13.1. The van der Waals surface area contributed by atoms with Crippen molar-refractivity contribution in [1.82, 2.24) is 24.3 Å². The van der Waals surface area contributed by atoms with Crippen molar-refractivity contribution in [1.29, 1.82) is 5.26 Å². The maximum Gasteiger partial charge on any atom is 0.272 e. The second-order valence-electron chi connectivity index (χ2n) is 9.22. The van der Waals surface area contributed by atoms with Crippen LogP contribution in [-0.2, 0) is 34.8 Å². The van der Waals surface area contributed by atoms with Crippen molar-refractivity contribution in [2.24, 2.45) is 7.05 Å². The van der Waals surface area contributed by atoms with E-state index >= 15 is 0 Å². The molecule has 198 valence electrons. The summed E-state index contributed by atoms with van der Waals surface area (Å²) in [5, 5.41) is 16.1. The summed E-state index contributed by atoms with van der Waals surface area (Å²) in [6.45, 7) is 3.00. The number of aromatic nitrogens is 2. The van der Waals surface area contributed by atoms with Gasteiger partial charge < -0.3 is 15.0 Å². The van der Waals surface area contributed by atoms with Gasteiger partial charge in [0.15, 0.2) is 5.69 Å². The van der Waals surface area contributed by atoms with Gasteiger partial charge in [0.2, 0.25) is 10.0 Å². The minimum Gasteiger partial charge on any atom is -0.379 e. The normalized spacial score (nSPS) is 16.3. The first-order chi connectivity index (χ1) is 17.8. The molecule has 0 bridgehead atoms. The van der Waals surface area contributed by atoms with Crippen LogP contribution in [0.2, 0.25) is 0 Å². The van der Waals surface area contributed by atoms with Gasteiger partial charge in [0, 0.05) is 45.3 Å². The van der Waals surface area contributed by atoms with Crippen molar-refractivity contribution in [2.45, 2.75) is 32.2 Å². The van der Waals surface area contributed by atoms with Crippen LogP contribution in [0.15, 0.2) is 24.3 Å². The van der Waals surface area contributed by atoms with Gasteiger partial charge in [-0.15, -0.1) is 0 Å². The SMILES string of the molecule is Cn1nc(C(=O)NCc2ccc(C#N)cc2)c2c1C(=O)N(CCCCCS(=O)(=O)N1CCOCC1)CC2. The molecule has 0 saturated carbocycles. The molecule has 0 spiro atoms. The summed E-state index contributed by atoms with van der Waals surface area (Å²) in [6.07, 6.45) is 2.48. The number of aryl methyl sites for hydroxylation is 1. The van der Waals surface area contributed by atoms with Crippen LogP contribution in [0.3, 0.4) is 0 Å². The van der Waals surface area contributed by atoms with Crippen LogP contribution in [0.5, 0.6) is 0 Å². The zero-order chi connectivity index (χ0) is 26.4. The Hall–Kier alpha value is -3.27. The summed E-state index contributed by atoms with van der Waals surface area (Å²) in [6, 6.07) is 9.02. The fourth-order valence-corrected chi connectivity index (χ4v) is 6.18. The molecule has 0 radical (unpaired) electrons. The number of ether oxygens (including phenoxy) is 1. The third kappa shape index (κ3) is 6.36. The summed E-state index contributed by atoms with van der Waals surface area (Å²) in [7, 11) is -1.60. The molecular formula is C25H32N6O5S. The van der Waals surface area contributed by atoms with E-state index in [2.05, 4.69) is 16.5 Å². The number of hydrogen-bond acceptors (Lipinski definition) is 7. The molecule has 3 heterocycles. The van der Waals surface area contributed by atoms with Crippen molar-refractivity contribution in [3.05, 3.63) is 52.3 Å². The number of morpholine rings is 1. The fraction of sp³-hybridized carbons (Fsp3) is 0.520. The predicted molar refractivity (Wildman–Crippen MR) is 135 cm³/mol. The topological polar surface area (TPSA) is 138 Å². The van der Waals surface area contributed by atoms with Gasteiger partial charge >= 0.3 is 0 Å². The van der Waals surface area contributed by atoms with Gasteiger partial charge in [0.1, 0.15) is 5.69 Å². The molecule has 2 aromatic rings. The third-order valence-corrected chi connectivity index (χ3v) is 8.67. The van der Waals surface area contributed by atoms with E-state index in [0.29, 0.717) is 81.9 Å². The van der Waals surface area contributed by atoms with E-state index in [0.717, 1.165) is 5.56 Å². The van der Waals surface area contributed by atoms with Crippen molar-refractivity contribution >= 4 is 21.8 Å². The first-order valence-electron chi connectivity index (χ1n) is 12.5. The lowest BCUT2D eigenvalue weighted by molar-refractivity contribution is 0.0724. The number of sulfonamides is 1. The van der Waals surface area contributed by atoms with E-state index in [-0.39, 0.29) is 29.8 Å². The maximum absolute atomic E-state index is 13.1. The molecule has 0 unspecified atom stereocenters. The van der Waals surface area contributed by atoms with Gasteiger partial charge in [-0.3, -0.25) is 14.3 Å². The van der Waals surface area contributed by atoms with Gasteiger partial charge in [-0.2, -0.15) is 14.7 Å². The second kappa shape index (κ2) is 11.9. The average molecular weight is 529 g/mol. The van der Waals surface area contributed by atoms with E-state index in [1.807, 2.05) is 0 Å².